The molecule has 0 radical (unpaired) electrons. The Morgan fingerprint density at radius 3 is 2.63 bits per heavy atom. The molecular formula is C12H20N4O3. The van der Waals surface area contributed by atoms with Gasteiger partial charge in [0, 0.05) is 13.0 Å². The predicted octanol–water partition coefficient (Wildman–Crippen LogP) is 0.940. The summed E-state index contributed by atoms with van der Waals surface area (Å²) in [6.07, 6.45) is 1.61. The summed E-state index contributed by atoms with van der Waals surface area (Å²) in [7, 11) is 0. The van der Waals surface area contributed by atoms with Gasteiger partial charge in [-0.15, -0.1) is 5.10 Å². The topological polar surface area (TPSA) is 99.2 Å². The van der Waals surface area contributed by atoms with E-state index in [1.54, 1.807) is 0 Å². The lowest BCUT2D eigenvalue weighted by Gasteiger charge is -2.21. The Bertz CT molecular complexity index is 442. The molecule has 1 rings (SSSR count). The van der Waals surface area contributed by atoms with E-state index in [9.17, 15) is 9.59 Å². The summed E-state index contributed by atoms with van der Waals surface area (Å²) in [5.74, 6) is -0.638. The Morgan fingerprint density at radius 2 is 2.11 bits per heavy atom. The first-order chi connectivity index (χ1) is 8.93. The van der Waals surface area contributed by atoms with Crippen molar-refractivity contribution in [3.8, 4) is 0 Å². The Balaban J connectivity index is 2.81. The van der Waals surface area contributed by atoms with Crippen molar-refractivity contribution < 1.29 is 14.7 Å². The summed E-state index contributed by atoms with van der Waals surface area (Å²) in [5, 5.41) is 15.4. The average Bonchev–Trinajstić information content (AvgIpc) is 2.75. The fraction of sp³-hybridized carbons (Fsp3) is 0.667. The summed E-state index contributed by atoms with van der Waals surface area (Å²) in [5.41, 5.74) is 0. The number of rotatable bonds is 7. The summed E-state index contributed by atoms with van der Waals surface area (Å²) >= 11 is 0. The second-order valence-electron chi connectivity index (χ2n) is 4.83. The van der Waals surface area contributed by atoms with Gasteiger partial charge >= 0.3 is 5.97 Å². The Morgan fingerprint density at radius 1 is 1.42 bits per heavy atom. The van der Waals surface area contributed by atoms with Gasteiger partial charge in [0.2, 0.25) is 5.82 Å². The molecule has 0 bridgehead atoms. The van der Waals surface area contributed by atoms with E-state index < -0.39 is 11.9 Å². The number of aromatic nitrogens is 3. The van der Waals surface area contributed by atoms with E-state index in [0.717, 1.165) is 6.42 Å². The standard InChI is InChI=1S/C12H20N4O3/c1-4-5-9-13-11(15-14-9)12(19)16(6-8(2)3)7-10(17)18/h8H,4-7H2,1-3H3,(H,17,18)(H,13,14,15). The zero-order valence-corrected chi connectivity index (χ0v) is 11.5. The number of carbonyl (C=O) groups is 2. The van der Waals surface area contributed by atoms with Gasteiger partial charge in [0.1, 0.15) is 12.4 Å². The lowest BCUT2D eigenvalue weighted by Crippen LogP contribution is -2.38. The van der Waals surface area contributed by atoms with Gasteiger partial charge in [-0.1, -0.05) is 20.8 Å². The summed E-state index contributed by atoms with van der Waals surface area (Å²) in [6, 6.07) is 0. The van der Waals surface area contributed by atoms with Crippen LogP contribution in [0.3, 0.4) is 0 Å². The maximum Gasteiger partial charge on any atom is 0.323 e. The Labute approximate surface area is 112 Å². The highest BCUT2D eigenvalue weighted by molar-refractivity contribution is 5.92. The van der Waals surface area contributed by atoms with Crippen molar-refractivity contribution in [1.29, 1.82) is 0 Å². The fourth-order valence-electron chi connectivity index (χ4n) is 1.70. The van der Waals surface area contributed by atoms with Crippen LogP contribution in [-0.2, 0) is 11.2 Å². The highest BCUT2D eigenvalue weighted by atomic mass is 16.4. The van der Waals surface area contributed by atoms with Crippen LogP contribution in [-0.4, -0.2) is 50.2 Å². The van der Waals surface area contributed by atoms with Crippen LogP contribution < -0.4 is 0 Å². The minimum Gasteiger partial charge on any atom is -0.480 e. The van der Waals surface area contributed by atoms with Crippen LogP contribution in [0.15, 0.2) is 0 Å². The van der Waals surface area contributed by atoms with E-state index in [1.165, 1.54) is 4.90 Å². The molecule has 0 fully saturated rings. The van der Waals surface area contributed by atoms with E-state index in [2.05, 4.69) is 15.2 Å². The third-order valence-electron chi connectivity index (χ3n) is 2.41. The third kappa shape index (κ3) is 4.69. The number of carboxylic acid groups (broad SMARTS) is 1. The SMILES string of the molecule is CCCc1nc(C(=O)N(CC(=O)O)CC(C)C)n[nH]1. The molecule has 0 aromatic carbocycles. The monoisotopic (exact) mass is 268 g/mol. The zero-order chi connectivity index (χ0) is 14.4. The number of nitrogens with zero attached hydrogens (tertiary/aromatic N) is 3. The molecule has 7 nitrogen and oxygen atoms in total. The summed E-state index contributed by atoms with van der Waals surface area (Å²) < 4.78 is 0. The lowest BCUT2D eigenvalue weighted by atomic mass is 10.2. The van der Waals surface area contributed by atoms with Gasteiger partial charge in [0.05, 0.1) is 0 Å². The van der Waals surface area contributed by atoms with E-state index >= 15 is 0 Å². The van der Waals surface area contributed by atoms with E-state index in [-0.39, 0.29) is 18.3 Å². The van der Waals surface area contributed by atoms with Crippen molar-refractivity contribution in [1.82, 2.24) is 20.1 Å². The maximum atomic E-state index is 12.2. The predicted molar refractivity (Wildman–Crippen MR) is 68.8 cm³/mol. The highest BCUT2D eigenvalue weighted by Crippen LogP contribution is 2.05. The molecule has 0 aliphatic heterocycles. The first kappa shape index (κ1) is 15.1. The smallest absolute Gasteiger partial charge is 0.323 e. The molecule has 19 heavy (non-hydrogen) atoms. The number of H-pyrrole nitrogens is 1. The molecule has 1 aromatic rings. The number of aryl methyl sites for hydroxylation is 1. The number of aliphatic carboxylic acids is 1. The Kier molecular flexibility index (Phi) is 5.47. The van der Waals surface area contributed by atoms with Crippen molar-refractivity contribution in [2.75, 3.05) is 13.1 Å². The maximum absolute atomic E-state index is 12.2. The highest BCUT2D eigenvalue weighted by Gasteiger charge is 2.23. The quantitative estimate of drug-likeness (QED) is 0.766. The number of carboxylic acids is 1. The van der Waals surface area contributed by atoms with Crippen molar-refractivity contribution in [3.63, 3.8) is 0 Å². The molecule has 7 heteroatoms. The largest absolute Gasteiger partial charge is 0.480 e. The van der Waals surface area contributed by atoms with Crippen molar-refractivity contribution >= 4 is 11.9 Å². The van der Waals surface area contributed by atoms with Gasteiger partial charge in [0.25, 0.3) is 5.91 Å². The van der Waals surface area contributed by atoms with Crippen LogP contribution in [0.5, 0.6) is 0 Å². The number of aromatic amines is 1. The second kappa shape index (κ2) is 6.86. The molecule has 1 aromatic heterocycles. The van der Waals surface area contributed by atoms with Gasteiger partial charge in [0.15, 0.2) is 0 Å². The normalized spacial score (nSPS) is 10.7. The Hall–Kier alpha value is -1.92. The van der Waals surface area contributed by atoms with Crippen LogP contribution >= 0.6 is 0 Å². The minimum atomic E-state index is -1.04. The zero-order valence-electron chi connectivity index (χ0n) is 11.5. The average molecular weight is 268 g/mol. The van der Waals surface area contributed by atoms with Crippen LogP contribution in [0.1, 0.15) is 43.6 Å². The minimum absolute atomic E-state index is 0.0327. The number of amides is 1. The molecule has 1 amide bonds. The molecule has 0 unspecified atom stereocenters. The van der Waals surface area contributed by atoms with E-state index in [1.807, 2.05) is 20.8 Å². The molecule has 0 saturated heterocycles. The summed E-state index contributed by atoms with van der Waals surface area (Å²) in [6.45, 7) is 5.86. The van der Waals surface area contributed by atoms with Gasteiger partial charge < -0.3 is 10.0 Å². The molecule has 1 heterocycles. The number of hydrogen-bond donors (Lipinski definition) is 2. The first-order valence-electron chi connectivity index (χ1n) is 6.36. The van der Waals surface area contributed by atoms with E-state index in [0.29, 0.717) is 18.8 Å². The van der Waals surface area contributed by atoms with Crippen LogP contribution in [0, 0.1) is 5.92 Å². The van der Waals surface area contributed by atoms with E-state index in [4.69, 9.17) is 5.11 Å². The van der Waals surface area contributed by atoms with Crippen molar-refractivity contribution in [2.24, 2.45) is 5.92 Å². The van der Waals surface area contributed by atoms with Crippen molar-refractivity contribution in [3.05, 3.63) is 11.6 Å². The molecule has 0 atom stereocenters. The fourth-order valence-corrected chi connectivity index (χ4v) is 1.70. The second-order valence-corrected chi connectivity index (χ2v) is 4.83. The first-order valence-corrected chi connectivity index (χ1v) is 6.36. The van der Waals surface area contributed by atoms with Gasteiger partial charge in [-0.2, -0.15) is 0 Å². The molecule has 0 aliphatic carbocycles. The third-order valence-corrected chi connectivity index (χ3v) is 2.41. The van der Waals surface area contributed by atoms with Crippen molar-refractivity contribution in [2.45, 2.75) is 33.6 Å². The van der Waals surface area contributed by atoms with Gasteiger partial charge in [-0.05, 0) is 12.3 Å². The lowest BCUT2D eigenvalue weighted by molar-refractivity contribution is -0.137. The van der Waals surface area contributed by atoms with Crippen LogP contribution in [0.2, 0.25) is 0 Å². The molecular weight excluding hydrogens is 248 g/mol. The molecule has 0 spiro atoms. The van der Waals surface area contributed by atoms with Crippen LogP contribution in [0.4, 0.5) is 0 Å². The van der Waals surface area contributed by atoms with Crippen LogP contribution in [0.25, 0.3) is 0 Å². The van der Waals surface area contributed by atoms with Gasteiger partial charge in [-0.25, -0.2) is 4.98 Å². The summed E-state index contributed by atoms with van der Waals surface area (Å²) in [4.78, 5) is 28.3. The number of carbonyl (C=O) groups excluding carboxylic acids is 1. The molecule has 2 N–H and O–H groups in total. The molecule has 106 valence electrons. The molecule has 0 aliphatic rings. The number of nitrogens with one attached hydrogen (secondary N) is 1. The molecule has 0 saturated carbocycles. The van der Waals surface area contributed by atoms with Gasteiger partial charge in [-0.3, -0.25) is 14.7 Å². The number of hydrogen-bond acceptors (Lipinski definition) is 4.